The van der Waals surface area contributed by atoms with Gasteiger partial charge >= 0.3 is 6.03 Å². The first-order valence-corrected chi connectivity index (χ1v) is 14.8. The lowest BCUT2D eigenvalue weighted by molar-refractivity contribution is -0.135. The van der Waals surface area contributed by atoms with Crippen LogP contribution < -0.4 is 65.5 Å². The van der Waals surface area contributed by atoms with Crippen molar-refractivity contribution in [3.63, 3.8) is 0 Å². The second kappa shape index (κ2) is 19.0. The van der Waals surface area contributed by atoms with Crippen LogP contribution in [0.5, 0.6) is 0 Å². The van der Waals surface area contributed by atoms with Crippen LogP contribution in [0.1, 0.15) is 25.7 Å². The molecule has 2 heterocycles. The minimum absolute atomic E-state index is 0.0422. The number of nitrogens with one attached hydrogen (secondary N) is 8. The number of carbonyl (C=O) groups excluding carboxylic acids is 7. The summed E-state index contributed by atoms with van der Waals surface area (Å²) in [6.07, 6.45) is 1.30. The highest BCUT2D eigenvalue weighted by Gasteiger charge is 2.37. The van der Waals surface area contributed by atoms with E-state index in [2.05, 4.69) is 37.2 Å². The molecule has 2 aliphatic rings. The van der Waals surface area contributed by atoms with Gasteiger partial charge in [0.15, 0.2) is 0 Å². The normalized spacial score (nSPS) is 27.6. The van der Waals surface area contributed by atoms with Crippen molar-refractivity contribution >= 4 is 41.5 Å². The molecule has 19 N–H and O–H groups in total. The van der Waals surface area contributed by atoms with Crippen LogP contribution in [0.15, 0.2) is 23.8 Å². The summed E-state index contributed by atoms with van der Waals surface area (Å²) in [6.45, 7) is -2.33. The summed E-state index contributed by atoms with van der Waals surface area (Å²) in [5, 5.41) is 48.2. The van der Waals surface area contributed by atoms with Gasteiger partial charge in [-0.2, -0.15) is 0 Å². The van der Waals surface area contributed by atoms with Crippen LogP contribution in [0.3, 0.4) is 0 Å². The Labute approximate surface area is 274 Å². The minimum atomic E-state index is -1.77. The Bertz CT molecular complexity index is 1280. The maximum Gasteiger partial charge on any atom is 0.316 e. The number of carbonyl (C=O) groups is 7. The molecule has 0 aromatic carbocycles. The van der Waals surface area contributed by atoms with Crippen LogP contribution in [0.4, 0.5) is 4.79 Å². The molecule has 268 valence electrons. The van der Waals surface area contributed by atoms with Gasteiger partial charge in [0.2, 0.25) is 29.5 Å². The average molecular weight is 685 g/mol. The molecule has 2 aliphatic heterocycles. The molecule has 0 bridgehead atoms. The van der Waals surface area contributed by atoms with Crippen LogP contribution in [0, 0.1) is 0 Å². The minimum Gasteiger partial charge on any atom is -0.394 e. The third-order valence-electron chi connectivity index (χ3n) is 7.04. The Kier molecular flexibility index (Phi) is 15.5. The third kappa shape index (κ3) is 12.3. The number of rotatable bonds is 10. The zero-order chi connectivity index (χ0) is 36.0. The Balaban J connectivity index is 2.54. The number of nitrogens with two attached hydrogens (primary N) is 4. The zero-order valence-corrected chi connectivity index (χ0v) is 25.9. The molecular formula is C26H44N12O10. The maximum atomic E-state index is 13.6. The molecule has 8 amide bonds. The van der Waals surface area contributed by atoms with Gasteiger partial charge in [-0.15, -0.1) is 0 Å². The standard InChI is InChI=1S/C26H44N12O10/c27-3-1-2-11(28)4-19(42)34-14-7-31-25(47)20(13-5-12(41)6-18(29)33-13)38-22(44)15(8-32-26(30)48)35-23(45)16(9-39)37-24(46)17(10-40)36-21(14)43/h6,8,11-14,16-17,20,33,39-41H,1-5,7,9-10,27-29H2,(H,31,47)(H,34,42)(H,35,45)(H,36,43)(H,37,46)(H,38,44)(H3,30,32,48)/b15-8-/t11-,12-,13+,14-,16-,17-,20-/m0/s1. The van der Waals surface area contributed by atoms with E-state index in [1.54, 1.807) is 0 Å². The lowest BCUT2D eigenvalue weighted by atomic mass is 9.97. The Morgan fingerprint density at radius 2 is 1.62 bits per heavy atom. The molecule has 0 radical (unpaired) electrons. The molecule has 1 fully saturated rings. The van der Waals surface area contributed by atoms with Gasteiger partial charge in [0.25, 0.3) is 5.91 Å². The quantitative estimate of drug-likeness (QED) is 0.0951. The van der Waals surface area contributed by atoms with Crippen molar-refractivity contribution in [2.45, 2.75) is 68.0 Å². The lowest BCUT2D eigenvalue weighted by Crippen LogP contribution is -2.64. The monoisotopic (exact) mass is 684 g/mol. The molecule has 1 saturated heterocycles. The summed E-state index contributed by atoms with van der Waals surface area (Å²) in [6, 6.07) is -9.52. The molecule has 0 aromatic heterocycles. The second-order valence-electron chi connectivity index (χ2n) is 10.9. The van der Waals surface area contributed by atoms with Crippen LogP contribution in [0.2, 0.25) is 0 Å². The first kappa shape index (κ1) is 39.1. The fourth-order valence-electron chi connectivity index (χ4n) is 4.59. The highest BCUT2D eigenvalue weighted by molar-refractivity contribution is 6.02. The molecule has 22 heteroatoms. The van der Waals surface area contributed by atoms with Gasteiger partial charge in [0.05, 0.1) is 31.2 Å². The van der Waals surface area contributed by atoms with Gasteiger partial charge in [-0.3, -0.25) is 28.8 Å². The zero-order valence-electron chi connectivity index (χ0n) is 25.9. The molecule has 0 aromatic rings. The van der Waals surface area contributed by atoms with E-state index in [0.29, 0.717) is 25.6 Å². The second-order valence-corrected chi connectivity index (χ2v) is 10.9. The number of aliphatic hydroxyl groups excluding tert-OH is 3. The van der Waals surface area contributed by atoms with Crippen LogP contribution in [-0.2, 0) is 28.8 Å². The molecule has 0 spiro atoms. The summed E-state index contributed by atoms with van der Waals surface area (Å²) in [4.78, 5) is 90.3. The van der Waals surface area contributed by atoms with Gasteiger partial charge in [0, 0.05) is 25.2 Å². The molecule has 0 unspecified atom stereocenters. The summed E-state index contributed by atoms with van der Waals surface area (Å²) in [7, 11) is 0. The predicted molar refractivity (Wildman–Crippen MR) is 165 cm³/mol. The van der Waals surface area contributed by atoms with E-state index in [4.69, 9.17) is 22.9 Å². The van der Waals surface area contributed by atoms with E-state index >= 15 is 0 Å². The number of urea groups is 1. The average Bonchev–Trinajstić information content (AvgIpc) is 3.02. The van der Waals surface area contributed by atoms with Crippen molar-refractivity contribution < 1.29 is 48.9 Å². The molecule has 48 heavy (non-hydrogen) atoms. The van der Waals surface area contributed by atoms with Crippen molar-refractivity contribution in [1.82, 2.24) is 42.5 Å². The van der Waals surface area contributed by atoms with Gasteiger partial charge in [0.1, 0.15) is 29.9 Å². The summed E-state index contributed by atoms with van der Waals surface area (Å²) in [5.74, 6) is -6.32. The van der Waals surface area contributed by atoms with Crippen LogP contribution in [-0.4, -0.2) is 125 Å². The number of aliphatic hydroxyl groups is 3. The van der Waals surface area contributed by atoms with E-state index in [1.807, 2.05) is 5.32 Å². The van der Waals surface area contributed by atoms with E-state index < -0.39 is 109 Å². The summed E-state index contributed by atoms with van der Waals surface area (Å²) < 4.78 is 0. The van der Waals surface area contributed by atoms with Crippen molar-refractivity contribution in [3.8, 4) is 0 Å². The smallest absolute Gasteiger partial charge is 0.316 e. The lowest BCUT2D eigenvalue weighted by Gasteiger charge is -2.33. The maximum absolute atomic E-state index is 13.6. The molecule has 22 nitrogen and oxygen atoms in total. The van der Waals surface area contributed by atoms with Crippen molar-refractivity contribution in [1.29, 1.82) is 0 Å². The Morgan fingerprint density at radius 1 is 0.979 bits per heavy atom. The molecular weight excluding hydrogens is 640 g/mol. The number of primary amides is 1. The first-order chi connectivity index (χ1) is 22.7. The topological polar surface area (TPSA) is 380 Å². The SMILES string of the molecule is NCCC[C@H](N)CC(=O)N[C@H]1CNC(=O)[C@H]([C@H]2C[C@H](O)C=C(N)N2)NC(=O)/C(=C/NC(N)=O)NC(=O)[C@H](CO)NC(=O)[C@H](CO)NC1=O. The largest absolute Gasteiger partial charge is 0.394 e. The van der Waals surface area contributed by atoms with E-state index in [9.17, 15) is 48.9 Å². The van der Waals surface area contributed by atoms with Crippen LogP contribution in [0.25, 0.3) is 0 Å². The first-order valence-electron chi connectivity index (χ1n) is 14.8. The number of amides is 8. The fourth-order valence-corrected chi connectivity index (χ4v) is 4.59. The fraction of sp³-hybridized carbons (Fsp3) is 0.577. The highest BCUT2D eigenvalue weighted by atomic mass is 16.3. The van der Waals surface area contributed by atoms with Gasteiger partial charge in [-0.05, 0) is 31.9 Å². The van der Waals surface area contributed by atoms with Crippen molar-refractivity contribution in [2.75, 3.05) is 26.3 Å². The summed E-state index contributed by atoms with van der Waals surface area (Å²) in [5.41, 5.74) is 21.6. The van der Waals surface area contributed by atoms with Crippen LogP contribution >= 0.6 is 0 Å². The van der Waals surface area contributed by atoms with Gasteiger partial charge in [-0.1, -0.05) is 0 Å². The Hall–Kier alpha value is -5.03. The predicted octanol–water partition coefficient (Wildman–Crippen LogP) is -8.35. The van der Waals surface area contributed by atoms with Crippen molar-refractivity contribution in [2.24, 2.45) is 22.9 Å². The highest BCUT2D eigenvalue weighted by Crippen LogP contribution is 2.13. The van der Waals surface area contributed by atoms with Gasteiger partial charge < -0.3 is 80.8 Å². The van der Waals surface area contributed by atoms with Crippen molar-refractivity contribution in [3.05, 3.63) is 23.8 Å². The van der Waals surface area contributed by atoms with E-state index in [-0.39, 0.29) is 18.7 Å². The number of hydrogen-bond acceptors (Lipinski definition) is 14. The van der Waals surface area contributed by atoms with E-state index in [0.717, 1.165) is 0 Å². The van der Waals surface area contributed by atoms with E-state index in [1.165, 1.54) is 6.08 Å². The third-order valence-corrected chi connectivity index (χ3v) is 7.04. The molecule has 2 rings (SSSR count). The Morgan fingerprint density at radius 3 is 2.23 bits per heavy atom. The molecule has 7 atom stereocenters. The number of hydrogen-bond donors (Lipinski definition) is 15. The molecule has 0 saturated carbocycles. The molecule has 0 aliphatic carbocycles. The van der Waals surface area contributed by atoms with Gasteiger partial charge in [-0.25, -0.2) is 4.79 Å². The summed E-state index contributed by atoms with van der Waals surface area (Å²) >= 11 is 0.